The average molecular weight is 292 g/mol. The first kappa shape index (κ1) is 15.5. The summed E-state index contributed by atoms with van der Waals surface area (Å²) in [5.41, 5.74) is 2.64. The Bertz CT molecular complexity index is 591. The summed E-state index contributed by atoms with van der Waals surface area (Å²) in [5.74, 6) is 0.963. The fraction of sp³-hybridized carbons (Fsp3) is 0.438. The van der Waals surface area contributed by atoms with Crippen LogP contribution in [0.3, 0.4) is 0 Å². The van der Waals surface area contributed by atoms with Crippen molar-refractivity contribution in [1.82, 2.24) is 10.5 Å². The van der Waals surface area contributed by atoms with Crippen LogP contribution in [0, 0.1) is 19.7 Å². The highest BCUT2D eigenvalue weighted by atomic mass is 19.1. The van der Waals surface area contributed by atoms with Gasteiger partial charge in [0.05, 0.1) is 11.3 Å². The number of aromatic nitrogens is 1. The highest BCUT2D eigenvalue weighted by Gasteiger charge is 2.14. The Kier molecular flexibility index (Phi) is 4.96. The lowest BCUT2D eigenvalue weighted by molar-refractivity contribution is 0.294. The van der Waals surface area contributed by atoms with Crippen molar-refractivity contribution in [2.75, 3.05) is 6.54 Å². The normalized spacial score (nSPS) is 12.4. The van der Waals surface area contributed by atoms with E-state index in [4.69, 9.17) is 9.26 Å². The Labute approximate surface area is 124 Å². The first-order chi connectivity index (χ1) is 10.0. The van der Waals surface area contributed by atoms with Gasteiger partial charge in [-0.15, -0.1) is 0 Å². The van der Waals surface area contributed by atoms with E-state index in [-0.39, 0.29) is 11.9 Å². The van der Waals surface area contributed by atoms with Crippen molar-refractivity contribution >= 4 is 0 Å². The van der Waals surface area contributed by atoms with Crippen LogP contribution in [-0.4, -0.2) is 11.7 Å². The quantitative estimate of drug-likeness (QED) is 0.882. The molecule has 0 bridgehead atoms. The second kappa shape index (κ2) is 6.72. The van der Waals surface area contributed by atoms with Crippen molar-refractivity contribution in [1.29, 1.82) is 0 Å². The molecule has 0 radical (unpaired) electrons. The zero-order valence-corrected chi connectivity index (χ0v) is 12.9. The lowest BCUT2D eigenvalue weighted by Gasteiger charge is -2.17. The Balaban J connectivity index is 2.20. The number of aryl methyl sites for hydroxylation is 2. The van der Waals surface area contributed by atoms with E-state index >= 15 is 0 Å². The number of halogens is 1. The maximum Gasteiger partial charge on any atom is 0.140 e. The van der Waals surface area contributed by atoms with Crippen LogP contribution in [0.2, 0.25) is 0 Å². The standard InChI is InChI=1S/C16H21FN2O2/c1-5-18-10(2)14-7-6-13(17)8-16(14)20-9-15-11(3)19-21-12(15)4/h6-8,10,18H,5,9H2,1-4H3. The van der Waals surface area contributed by atoms with E-state index in [0.29, 0.717) is 12.4 Å². The van der Waals surface area contributed by atoms with Gasteiger partial charge < -0.3 is 14.6 Å². The summed E-state index contributed by atoms with van der Waals surface area (Å²) >= 11 is 0. The van der Waals surface area contributed by atoms with Gasteiger partial charge in [-0.3, -0.25) is 0 Å². The number of hydrogen-bond donors (Lipinski definition) is 1. The molecule has 0 amide bonds. The minimum absolute atomic E-state index is 0.0928. The summed E-state index contributed by atoms with van der Waals surface area (Å²) < 4.78 is 24.4. The van der Waals surface area contributed by atoms with Gasteiger partial charge in [-0.25, -0.2) is 4.39 Å². The summed E-state index contributed by atoms with van der Waals surface area (Å²) in [6.07, 6.45) is 0. The van der Waals surface area contributed by atoms with E-state index in [1.54, 1.807) is 6.07 Å². The molecule has 0 aliphatic rings. The highest BCUT2D eigenvalue weighted by Crippen LogP contribution is 2.27. The molecule has 1 aromatic heterocycles. The molecule has 1 unspecified atom stereocenters. The van der Waals surface area contributed by atoms with Crippen LogP contribution < -0.4 is 10.1 Å². The zero-order chi connectivity index (χ0) is 15.4. The molecule has 0 fully saturated rings. The second-order valence-electron chi connectivity index (χ2n) is 5.05. The molecule has 21 heavy (non-hydrogen) atoms. The van der Waals surface area contributed by atoms with Crippen LogP contribution in [0.25, 0.3) is 0 Å². The summed E-state index contributed by atoms with van der Waals surface area (Å²) in [5, 5.41) is 7.20. The molecular weight excluding hydrogens is 271 g/mol. The predicted octanol–water partition coefficient (Wildman–Crippen LogP) is 3.68. The van der Waals surface area contributed by atoms with Gasteiger partial charge in [-0.1, -0.05) is 18.1 Å². The summed E-state index contributed by atoms with van der Waals surface area (Å²) in [7, 11) is 0. The SMILES string of the molecule is CCNC(C)c1ccc(F)cc1OCc1c(C)noc1C. The zero-order valence-electron chi connectivity index (χ0n) is 12.9. The largest absolute Gasteiger partial charge is 0.488 e. The van der Waals surface area contributed by atoms with Gasteiger partial charge in [0, 0.05) is 17.7 Å². The third-order valence-electron chi connectivity index (χ3n) is 3.51. The van der Waals surface area contributed by atoms with Gasteiger partial charge >= 0.3 is 0 Å². The molecule has 0 aliphatic carbocycles. The second-order valence-corrected chi connectivity index (χ2v) is 5.05. The first-order valence-corrected chi connectivity index (χ1v) is 7.10. The number of rotatable bonds is 6. The molecule has 5 heteroatoms. The van der Waals surface area contributed by atoms with Crippen molar-refractivity contribution in [3.63, 3.8) is 0 Å². The summed E-state index contributed by atoms with van der Waals surface area (Å²) in [6.45, 7) is 8.91. The summed E-state index contributed by atoms with van der Waals surface area (Å²) in [4.78, 5) is 0. The lowest BCUT2D eigenvalue weighted by Crippen LogP contribution is -2.18. The van der Waals surface area contributed by atoms with Crippen LogP contribution in [0.5, 0.6) is 5.75 Å². The number of ether oxygens (including phenoxy) is 1. The molecular formula is C16H21FN2O2. The third kappa shape index (κ3) is 3.61. The molecule has 1 atom stereocenters. The molecule has 1 heterocycles. The molecule has 0 spiro atoms. The molecule has 4 nitrogen and oxygen atoms in total. The van der Waals surface area contributed by atoms with Gasteiger partial charge in [-0.05, 0) is 33.4 Å². The average Bonchev–Trinajstić information content (AvgIpc) is 2.76. The maximum atomic E-state index is 13.5. The molecule has 0 aliphatic heterocycles. The first-order valence-electron chi connectivity index (χ1n) is 7.10. The Morgan fingerprint density at radius 1 is 1.38 bits per heavy atom. The van der Waals surface area contributed by atoms with Crippen molar-refractivity contribution in [2.45, 2.75) is 40.3 Å². The maximum absolute atomic E-state index is 13.5. The number of nitrogens with zero attached hydrogens (tertiary/aromatic N) is 1. The van der Waals surface area contributed by atoms with Crippen LogP contribution in [-0.2, 0) is 6.61 Å². The van der Waals surface area contributed by atoms with Crippen molar-refractivity contribution in [3.8, 4) is 5.75 Å². The molecule has 2 rings (SSSR count). The van der Waals surface area contributed by atoms with Crippen LogP contribution in [0.1, 0.15) is 42.5 Å². The molecule has 2 aromatic rings. The minimum Gasteiger partial charge on any atom is -0.488 e. The summed E-state index contributed by atoms with van der Waals surface area (Å²) in [6, 6.07) is 4.72. The van der Waals surface area contributed by atoms with Crippen molar-refractivity contribution in [2.24, 2.45) is 0 Å². The number of nitrogens with one attached hydrogen (secondary N) is 1. The predicted molar refractivity (Wildman–Crippen MR) is 78.8 cm³/mol. The molecule has 114 valence electrons. The molecule has 0 saturated carbocycles. The fourth-order valence-electron chi connectivity index (χ4n) is 2.26. The van der Waals surface area contributed by atoms with Gasteiger partial charge in [-0.2, -0.15) is 0 Å². The van der Waals surface area contributed by atoms with Crippen molar-refractivity contribution in [3.05, 3.63) is 46.6 Å². The Morgan fingerprint density at radius 2 is 2.14 bits per heavy atom. The van der Waals surface area contributed by atoms with Crippen LogP contribution in [0.15, 0.2) is 22.7 Å². The molecule has 1 N–H and O–H groups in total. The van der Waals surface area contributed by atoms with Gasteiger partial charge in [0.2, 0.25) is 0 Å². The van der Waals surface area contributed by atoms with E-state index in [1.165, 1.54) is 12.1 Å². The van der Waals surface area contributed by atoms with E-state index in [0.717, 1.165) is 29.1 Å². The Morgan fingerprint density at radius 3 is 2.76 bits per heavy atom. The molecule has 1 aromatic carbocycles. The minimum atomic E-state index is -0.309. The highest BCUT2D eigenvalue weighted by molar-refractivity contribution is 5.36. The lowest BCUT2D eigenvalue weighted by atomic mass is 10.1. The van der Waals surface area contributed by atoms with Gasteiger partial charge in [0.15, 0.2) is 0 Å². The van der Waals surface area contributed by atoms with Crippen LogP contribution >= 0.6 is 0 Å². The van der Waals surface area contributed by atoms with E-state index < -0.39 is 0 Å². The Hall–Kier alpha value is -1.88. The topological polar surface area (TPSA) is 47.3 Å². The fourth-order valence-corrected chi connectivity index (χ4v) is 2.26. The number of benzene rings is 1. The van der Waals surface area contributed by atoms with Crippen molar-refractivity contribution < 1.29 is 13.7 Å². The van der Waals surface area contributed by atoms with Crippen LogP contribution in [0.4, 0.5) is 4.39 Å². The van der Waals surface area contributed by atoms with E-state index in [1.807, 2.05) is 27.7 Å². The van der Waals surface area contributed by atoms with Gasteiger partial charge in [0.25, 0.3) is 0 Å². The smallest absolute Gasteiger partial charge is 0.140 e. The monoisotopic (exact) mass is 292 g/mol. The number of hydrogen-bond acceptors (Lipinski definition) is 4. The van der Waals surface area contributed by atoms with E-state index in [9.17, 15) is 4.39 Å². The third-order valence-corrected chi connectivity index (χ3v) is 3.51. The molecule has 0 saturated heterocycles. The van der Waals surface area contributed by atoms with Gasteiger partial charge in [0.1, 0.15) is 23.9 Å². The van der Waals surface area contributed by atoms with E-state index in [2.05, 4.69) is 10.5 Å².